The van der Waals surface area contributed by atoms with E-state index >= 15 is 0 Å². The van der Waals surface area contributed by atoms with Crippen LogP contribution in [-0.4, -0.2) is 50.8 Å². The van der Waals surface area contributed by atoms with Gasteiger partial charge in [0.15, 0.2) is 15.7 Å². The number of anilines is 1. The average Bonchev–Trinajstić information content (AvgIpc) is 3.18. The number of alkyl halides is 6. The Labute approximate surface area is 210 Å². The number of hydrogen-bond acceptors (Lipinski definition) is 7. The van der Waals surface area contributed by atoms with Gasteiger partial charge in [0.1, 0.15) is 11.4 Å². The van der Waals surface area contributed by atoms with Crippen molar-refractivity contribution in [3.8, 4) is 22.8 Å². The second-order valence-corrected chi connectivity index (χ2v) is 10.1. The van der Waals surface area contributed by atoms with Crippen molar-refractivity contribution in [2.75, 3.05) is 11.1 Å². The first-order chi connectivity index (χ1) is 17.6. The SMILES string of the molecule is CCS(=O)(=O)c1cc(-c2ncccc2NC(=O)C(F)(F)F)cnc1-c1nc2cc(C(F)(F)F)ncc2n1C. The van der Waals surface area contributed by atoms with Crippen LogP contribution in [0.3, 0.4) is 0 Å². The van der Waals surface area contributed by atoms with Gasteiger partial charge < -0.3 is 9.88 Å². The molecule has 38 heavy (non-hydrogen) atoms. The number of aromatic nitrogens is 5. The summed E-state index contributed by atoms with van der Waals surface area (Å²) in [7, 11) is -2.63. The number of carbonyl (C=O) groups excluding carboxylic acids is 1. The van der Waals surface area contributed by atoms with Crippen molar-refractivity contribution in [2.24, 2.45) is 7.05 Å². The lowest BCUT2D eigenvalue weighted by Gasteiger charge is -2.14. The second-order valence-electron chi connectivity index (χ2n) is 7.88. The van der Waals surface area contributed by atoms with Gasteiger partial charge in [-0.15, -0.1) is 0 Å². The first-order valence-corrected chi connectivity index (χ1v) is 12.2. The molecule has 0 spiro atoms. The Balaban J connectivity index is 1.90. The third-order valence-electron chi connectivity index (χ3n) is 5.42. The van der Waals surface area contributed by atoms with Crippen LogP contribution < -0.4 is 5.32 Å². The van der Waals surface area contributed by atoms with E-state index in [1.54, 1.807) is 5.32 Å². The summed E-state index contributed by atoms with van der Waals surface area (Å²) >= 11 is 0. The molecule has 16 heteroatoms. The quantitative estimate of drug-likeness (QED) is 0.361. The molecule has 4 heterocycles. The van der Waals surface area contributed by atoms with E-state index in [-0.39, 0.29) is 39.5 Å². The van der Waals surface area contributed by atoms with Gasteiger partial charge in [-0.3, -0.25) is 14.8 Å². The van der Waals surface area contributed by atoms with Crippen LogP contribution in [0, 0.1) is 0 Å². The molecule has 0 saturated heterocycles. The molecule has 1 N–H and O–H groups in total. The van der Waals surface area contributed by atoms with Crippen LogP contribution in [-0.2, 0) is 27.9 Å². The molecule has 4 aromatic rings. The minimum Gasteiger partial charge on any atom is -0.324 e. The molecule has 4 aromatic heterocycles. The minimum absolute atomic E-state index is 0.0429. The number of amides is 1. The normalized spacial score (nSPS) is 12.6. The number of carbonyl (C=O) groups is 1. The monoisotopic (exact) mass is 558 g/mol. The molecule has 0 aliphatic heterocycles. The number of rotatable bonds is 5. The lowest BCUT2D eigenvalue weighted by atomic mass is 10.1. The third-order valence-corrected chi connectivity index (χ3v) is 7.17. The maximum atomic E-state index is 13.1. The van der Waals surface area contributed by atoms with Crippen LogP contribution in [0.1, 0.15) is 12.6 Å². The zero-order valence-corrected chi connectivity index (χ0v) is 20.2. The Kier molecular flexibility index (Phi) is 6.63. The molecule has 0 unspecified atom stereocenters. The van der Waals surface area contributed by atoms with Gasteiger partial charge in [0.25, 0.3) is 0 Å². The molecule has 200 valence electrons. The highest BCUT2D eigenvalue weighted by atomic mass is 32.2. The van der Waals surface area contributed by atoms with E-state index in [1.165, 1.54) is 30.8 Å². The number of nitrogens with zero attached hydrogens (tertiary/aromatic N) is 5. The van der Waals surface area contributed by atoms with Crippen molar-refractivity contribution in [2.45, 2.75) is 24.2 Å². The summed E-state index contributed by atoms with van der Waals surface area (Å²) < 4.78 is 105. The van der Waals surface area contributed by atoms with Crippen molar-refractivity contribution in [1.82, 2.24) is 24.5 Å². The van der Waals surface area contributed by atoms with Crippen molar-refractivity contribution in [3.63, 3.8) is 0 Å². The topological polar surface area (TPSA) is 120 Å². The van der Waals surface area contributed by atoms with E-state index in [9.17, 15) is 39.6 Å². The maximum absolute atomic E-state index is 13.1. The number of sulfone groups is 1. The molecule has 9 nitrogen and oxygen atoms in total. The highest BCUT2D eigenvalue weighted by Gasteiger charge is 2.39. The highest BCUT2D eigenvalue weighted by molar-refractivity contribution is 7.91. The highest BCUT2D eigenvalue weighted by Crippen LogP contribution is 2.35. The second kappa shape index (κ2) is 9.34. The number of aryl methyl sites for hydroxylation is 1. The summed E-state index contributed by atoms with van der Waals surface area (Å²) in [6.45, 7) is 1.34. The number of hydrogen-bond donors (Lipinski definition) is 1. The van der Waals surface area contributed by atoms with E-state index in [0.717, 1.165) is 24.5 Å². The van der Waals surface area contributed by atoms with E-state index < -0.39 is 44.4 Å². The van der Waals surface area contributed by atoms with Crippen molar-refractivity contribution >= 4 is 32.5 Å². The summed E-state index contributed by atoms with van der Waals surface area (Å²) in [6, 6.07) is 4.23. The van der Waals surface area contributed by atoms with Crippen LogP contribution >= 0.6 is 0 Å². The largest absolute Gasteiger partial charge is 0.471 e. The Morgan fingerprint density at radius 2 is 1.74 bits per heavy atom. The van der Waals surface area contributed by atoms with Gasteiger partial charge in [0, 0.05) is 25.0 Å². The van der Waals surface area contributed by atoms with E-state index in [1.807, 2.05) is 0 Å². The predicted octanol–water partition coefficient (Wildman–Crippen LogP) is 4.41. The molecule has 0 saturated carbocycles. The number of fused-ring (bicyclic) bond motifs is 1. The predicted molar refractivity (Wildman–Crippen MR) is 122 cm³/mol. The molecule has 0 atom stereocenters. The summed E-state index contributed by atoms with van der Waals surface area (Å²) in [5, 5.41) is 1.69. The first-order valence-electron chi connectivity index (χ1n) is 10.6. The van der Waals surface area contributed by atoms with E-state index in [0.29, 0.717) is 6.07 Å². The lowest BCUT2D eigenvalue weighted by Crippen LogP contribution is -2.30. The minimum atomic E-state index is -5.19. The van der Waals surface area contributed by atoms with Gasteiger partial charge in [-0.2, -0.15) is 26.3 Å². The Hall–Kier alpha value is -4.08. The van der Waals surface area contributed by atoms with Gasteiger partial charge in [0.05, 0.1) is 39.3 Å². The number of halogens is 6. The molecule has 1 amide bonds. The van der Waals surface area contributed by atoms with Crippen LogP contribution in [0.2, 0.25) is 0 Å². The van der Waals surface area contributed by atoms with Crippen LogP contribution in [0.15, 0.2) is 47.8 Å². The van der Waals surface area contributed by atoms with Gasteiger partial charge >= 0.3 is 18.3 Å². The van der Waals surface area contributed by atoms with Crippen molar-refractivity contribution in [1.29, 1.82) is 0 Å². The summed E-state index contributed by atoms with van der Waals surface area (Å²) in [5.74, 6) is -2.76. The third kappa shape index (κ3) is 5.03. The Bertz CT molecular complexity index is 1660. The molecule has 0 aliphatic rings. The maximum Gasteiger partial charge on any atom is 0.471 e. The zero-order valence-electron chi connectivity index (χ0n) is 19.4. The number of pyridine rings is 3. The first kappa shape index (κ1) is 27.0. The standard InChI is InChI=1S/C22H16F6N6O3S/c1-3-38(36,37)15-7-11(17-12(5-4-6-29-17)33-20(35)22(26,27)28)9-31-18(15)19-32-13-8-16(21(23,24)25)30-10-14(13)34(19)2/h4-10H,3H2,1-2H3,(H,33,35). The Morgan fingerprint density at radius 3 is 2.37 bits per heavy atom. The molecular weight excluding hydrogens is 542 g/mol. The van der Waals surface area contributed by atoms with Crippen LogP contribution in [0.4, 0.5) is 32.0 Å². The molecular formula is C22H16F6N6O3S. The van der Waals surface area contributed by atoms with Crippen molar-refractivity contribution in [3.05, 3.63) is 48.5 Å². The van der Waals surface area contributed by atoms with E-state index in [4.69, 9.17) is 0 Å². The van der Waals surface area contributed by atoms with Gasteiger partial charge in [0.2, 0.25) is 0 Å². The van der Waals surface area contributed by atoms with Gasteiger partial charge in [-0.1, -0.05) is 6.92 Å². The summed E-state index contributed by atoms with van der Waals surface area (Å²) in [5.41, 5.74) is -1.93. The summed E-state index contributed by atoms with van der Waals surface area (Å²) in [6.07, 6.45) is -6.65. The Morgan fingerprint density at radius 1 is 1.03 bits per heavy atom. The van der Waals surface area contributed by atoms with E-state index in [2.05, 4.69) is 19.9 Å². The molecule has 0 aromatic carbocycles. The lowest BCUT2D eigenvalue weighted by molar-refractivity contribution is -0.167. The van der Waals surface area contributed by atoms with Gasteiger partial charge in [-0.25, -0.2) is 18.4 Å². The fourth-order valence-corrected chi connectivity index (χ4v) is 4.58. The molecule has 4 rings (SSSR count). The smallest absolute Gasteiger partial charge is 0.324 e. The fourth-order valence-electron chi connectivity index (χ4n) is 3.52. The van der Waals surface area contributed by atoms with Crippen LogP contribution in [0.5, 0.6) is 0 Å². The molecule has 0 aliphatic carbocycles. The molecule has 0 radical (unpaired) electrons. The van der Waals surface area contributed by atoms with Gasteiger partial charge in [-0.05, 0) is 24.3 Å². The fraction of sp³-hybridized carbons (Fsp3) is 0.227. The summed E-state index contributed by atoms with van der Waals surface area (Å²) in [4.78, 5) is 26.7. The van der Waals surface area contributed by atoms with Crippen molar-refractivity contribution < 1.29 is 39.6 Å². The van der Waals surface area contributed by atoms with Crippen LogP contribution in [0.25, 0.3) is 33.8 Å². The zero-order chi connectivity index (χ0) is 28.0. The molecule has 0 bridgehead atoms. The number of nitrogens with one attached hydrogen (secondary N) is 1. The molecule has 0 fully saturated rings. The number of imidazole rings is 1. The average molecular weight is 558 g/mol.